The number of hydrogen-bond acceptors (Lipinski definition) is 4. The molecule has 0 aliphatic heterocycles. The van der Waals surface area contributed by atoms with Gasteiger partial charge in [-0.25, -0.2) is 13.4 Å². The lowest BCUT2D eigenvalue weighted by atomic mass is 9.87. The lowest BCUT2D eigenvalue weighted by molar-refractivity contribution is 0.587. The molecule has 142 valence electrons. The van der Waals surface area contributed by atoms with Crippen molar-refractivity contribution < 1.29 is 8.42 Å². The second-order valence-corrected chi connectivity index (χ2v) is 9.60. The molecule has 1 aromatic heterocycles. The number of aromatic nitrogens is 1. The van der Waals surface area contributed by atoms with Crippen LogP contribution in [0.4, 0.5) is 11.5 Å². The number of nitrogens with one attached hydrogen (secondary N) is 2. The van der Waals surface area contributed by atoms with E-state index in [0.29, 0.717) is 11.7 Å². The molecule has 0 saturated carbocycles. The fraction of sp³-hybridized carbons (Fsp3) is 0.450. The van der Waals surface area contributed by atoms with Crippen molar-refractivity contribution in [2.45, 2.75) is 51.3 Å². The number of benzene rings is 1. The van der Waals surface area contributed by atoms with Crippen LogP contribution in [0.15, 0.2) is 47.5 Å². The van der Waals surface area contributed by atoms with Gasteiger partial charge in [0.1, 0.15) is 5.82 Å². The van der Waals surface area contributed by atoms with Gasteiger partial charge in [-0.3, -0.25) is 4.72 Å². The molecule has 0 atom stereocenters. The standard InChI is InChI=1S/C20H29N3O2S/c1-15(2)12-13-21-17-8-11-19(22-14-17)23-26(24,25)18-9-6-16(7-10-18)20(3,4)5/h6-11,14-15,21H,12-13H2,1-5H3,(H,22,23). The summed E-state index contributed by atoms with van der Waals surface area (Å²) < 4.78 is 27.6. The van der Waals surface area contributed by atoms with E-state index >= 15 is 0 Å². The summed E-state index contributed by atoms with van der Waals surface area (Å²) in [6.07, 6.45) is 2.71. The maximum absolute atomic E-state index is 12.5. The van der Waals surface area contributed by atoms with E-state index in [0.717, 1.165) is 24.2 Å². The minimum Gasteiger partial charge on any atom is -0.384 e. The molecule has 2 rings (SSSR count). The predicted molar refractivity (Wildman–Crippen MR) is 108 cm³/mol. The van der Waals surface area contributed by atoms with Crippen molar-refractivity contribution in [2.75, 3.05) is 16.6 Å². The molecule has 0 saturated heterocycles. The zero-order chi connectivity index (χ0) is 19.4. The van der Waals surface area contributed by atoms with Gasteiger partial charge in [-0.05, 0) is 47.6 Å². The number of rotatable bonds is 7. The van der Waals surface area contributed by atoms with E-state index in [1.54, 1.807) is 24.4 Å². The summed E-state index contributed by atoms with van der Waals surface area (Å²) in [6.45, 7) is 11.5. The van der Waals surface area contributed by atoms with Crippen LogP contribution in [0.1, 0.15) is 46.6 Å². The summed E-state index contributed by atoms with van der Waals surface area (Å²) in [5.74, 6) is 0.936. The highest BCUT2D eigenvalue weighted by Gasteiger charge is 2.18. The molecule has 0 spiro atoms. The van der Waals surface area contributed by atoms with Crippen molar-refractivity contribution in [3.63, 3.8) is 0 Å². The Morgan fingerprint density at radius 3 is 2.19 bits per heavy atom. The first-order chi connectivity index (χ1) is 12.1. The summed E-state index contributed by atoms with van der Waals surface area (Å²) in [4.78, 5) is 4.42. The van der Waals surface area contributed by atoms with Crippen molar-refractivity contribution in [1.82, 2.24) is 4.98 Å². The number of sulfonamides is 1. The first-order valence-corrected chi connectivity index (χ1v) is 10.4. The molecule has 26 heavy (non-hydrogen) atoms. The zero-order valence-corrected chi connectivity index (χ0v) is 17.0. The quantitative estimate of drug-likeness (QED) is 0.740. The average Bonchev–Trinajstić information content (AvgIpc) is 2.55. The zero-order valence-electron chi connectivity index (χ0n) is 16.2. The van der Waals surface area contributed by atoms with Gasteiger partial charge >= 0.3 is 0 Å². The fourth-order valence-electron chi connectivity index (χ4n) is 2.39. The monoisotopic (exact) mass is 375 g/mol. The number of pyridine rings is 1. The number of hydrogen-bond donors (Lipinski definition) is 2. The van der Waals surface area contributed by atoms with Crippen LogP contribution >= 0.6 is 0 Å². The molecule has 2 N–H and O–H groups in total. The van der Waals surface area contributed by atoms with Crippen LogP contribution in [0.2, 0.25) is 0 Å². The Morgan fingerprint density at radius 2 is 1.69 bits per heavy atom. The first-order valence-electron chi connectivity index (χ1n) is 8.91. The van der Waals surface area contributed by atoms with Crippen molar-refractivity contribution >= 4 is 21.5 Å². The van der Waals surface area contributed by atoms with Gasteiger partial charge in [0.2, 0.25) is 0 Å². The average molecular weight is 376 g/mol. The maximum atomic E-state index is 12.5. The molecule has 0 aliphatic rings. The fourth-order valence-corrected chi connectivity index (χ4v) is 3.40. The van der Waals surface area contributed by atoms with E-state index in [9.17, 15) is 8.42 Å². The predicted octanol–water partition coefficient (Wildman–Crippen LogP) is 4.64. The molecule has 1 aromatic carbocycles. The van der Waals surface area contributed by atoms with Gasteiger partial charge in [0.25, 0.3) is 10.0 Å². The highest BCUT2D eigenvalue weighted by atomic mass is 32.2. The van der Waals surface area contributed by atoms with Crippen LogP contribution in [0, 0.1) is 5.92 Å². The molecule has 0 unspecified atom stereocenters. The topological polar surface area (TPSA) is 71.1 Å². The second-order valence-electron chi connectivity index (χ2n) is 7.92. The minimum atomic E-state index is -3.65. The summed E-state index contributed by atoms with van der Waals surface area (Å²) >= 11 is 0. The van der Waals surface area contributed by atoms with Crippen LogP contribution in [0.3, 0.4) is 0 Å². The lowest BCUT2D eigenvalue weighted by Gasteiger charge is -2.19. The van der Waals surface area contributed by atoms with Crippen molar-refractivity contribution in [2.24, 2.45) is 5.92 Å². The molecule has 1 heterocycles. The molecular formula is C20H29N3O2S. The Labute approximate surface area is 157 Å². The Bertz CT molecular complexity index is 806. The smallest absolute Gasteiger partial charge is 0.263 e. The Hall–Kier alpha value is -2.08. The van der Waals surface area contributed by atoms with Gasteiger partial charge in [-0.2, -0.15) is 0 Å². The largest absolute Gasteiger partial charge is 0.384 e. The SMILES string of the molecule is CC(C)CCNc1ccc(NS(=O)(=O)c2ccc(C(C)(C)C)cc2)nc1. The number of nitrogens with zero attached hydrogens (tertiary/aromatic N) is 1. The molecule has 0 radical (unpaired) electrons. The van der Waals surface area contributed by atoms with E-state index < -0.39 is 10.0 Å². The van der Waals surface area contributed by atoms with Crippen LogP contribution in [0.5, 0.6) is 0 Å². The molecule has 0 amide bonds. The van der Waals surface area contributed by atoms with Gasteiger partial charge in [-0.15, -0.1) is 0 Å². The van der Waals surface area contributed by atoms with Crippen LogP contribution in [0.25, 0.3) is 0 Å². The molecule has 0 fully saturated rings. The molecular weight excluding hydrogens is 346 g/mol. The minimum absolute atomic E-state index is 0.0182. The third kappa shape index (κ3) is 5.73. The van der Waals surface area contributed by atoms with Gasteiger partial charge in [0.15, 0.2) is 0 Å². The Balaban J connectivity index is 2.04. The van der Waals surface area contributed by atoms with Crippen LogP contribution < -0.4 is 10.0 Å². The molecule has 6 heteroatoms. The summed E-state index contributed by atoms with van der Waals surface area (Å²) in [5, 5.41) is 3.28. The van der Waals surface area contributed by atoms with Crippen molar-refractivity contribution in [3.8, 4) is 0 Å². The third-order valence-corrected chi connectivity index (χ3v) is 5.45. The van der Waals surface area contributed by atoms with E-state index in [4.69, 9.17) is 0 Å². The van der Waals surface area contributed by atoms with Crippen LogP contribution in [-0.4, -0.2) is 19.9 Å². The second kappa shape index (κ2) is 8.08. The Morgan fingerprint density at radius 1 is 1.04 bits per heavy atom. The van der Waals surface area contributed by atoms with Crippen molar-refractivity contribution in [3.05, 3.63) is 48.2 Å². The highest BCUT2D eigenvalue weighted by Crippen LogP contribution is 2.24. The van der Waals surface area contributed by atoms with Crippen LogP contribution in [-0.2, 0) is 15.4 Å². The van der Waals surface area contributed by atoms with E-state index in [1.165, 1.54) is 0 Å². The highest BCUT2D eigenvalue weighted by molar-refractivity contribution is 7.92. The molecule has 0 bridgehead atoms. The summed E-state index contributed by atoms with van der Waals surface area (Å²) in [7, 11) is -3.65. The number of anilines is 2. The van der Waals surface area contributed by atoms with Gasteiger partial charge < -0.3 is 5.32 Å². The van der Waals surface area contributed by atoms with Crippen molar-refractivity contribution in [1.29, 1.82) is 0 Å². The third-order valence-electron chi connectivity index (χ3n) is 4.08. The van der Waals surface area contributed by atoms with Gasteiger partial charge in [0, 0.05) is 6.54 Å². The molecule has 0 aliphatic carbocycles. The molecule has 5 nitrogen and oxygen atoms in total. The van der Waals surface area contributed by atoms with Gasteiger partial charge in [0.05, 0.1) is 16.8 Å². The maximum Gasteiger partial charge on any atom is 0.263 e. The normalized spacial score (nSPS) is 12.2. The van der Waals surface area contributed by atoms with E-state index in [1.807, 2.05) is 18.2 Å². The lowest BCUT2D eigenvalue weighted by Crippen LogP contribution is -2.15. The van der Waals surface area contributed by atoms with Gasteiger partial charge in [-0.1, -0.05) is 46.8 Å². The first kappa shape index (κ1) is 20.2. The van der Waals surface area contributed by atoms with E-state index in [-0.39, 0.29) is 10.3 Å². The Kier molecular flexibility index (Phi) is 6.29. The van der Waals surface area contributed by atoms with E-state index in [2.05, 4.69) is 49.6 Å². The summed E-state index contributed by atoms with van der Waals surface area (Å²) in [6, 6.07) is 10.5. The molecule has 2 aromatic rings. The summed E-state index contributed by atoms with van der Waals surface area (Å²) in [5.41, 5.74) is 1.95.